The standard InChI is InChI=1S/C9H11FN2O3/c10-6-5-11-9(14)12(8(6)13)7-3-1-2-4-15-7/h5,7H,1-4H2,(H,11,14)/t7-/m0/s1. The Bertz CT molecular complexity index is 459. The molecule has 82 valence electrons. The molecule has 0 radical (unpaired) electrons. The summed E-state index contributed by atoms with van der Waals surface area (Å²) in [7, 11) is 0. The monoisotopic (exact) mass is 214 g/mol. The summed E-state index contributed by atoms with van der Waals surface area (Å²) in [5, 5.41) is 0. The van der Waals surface area contributed by atoms with E-state index in [0.29, 0.717) is 13.0 Å². The molecule has 0 bridgehead atoms. The quantitative estimate of drug-likeness (QED) is 0.734. The van der Waals surface area contributed by atoms with Crippen LogP contribution in [0.1, 0.15) is 25.5 Å². The van der Waals surface area contributed by atoms with Gasteiger partial charge in [-0.05, 0) is 19.3 Å². The first-order valence-corrected chi connectivity index (χ1v) is 4.81. The summed E-state index contributed by atoms with van der Waals surface area (Å²) in [4.78, 5) is 24.9. The second kappa shape index (κ2) is 3.98. The number of halogens is 1. The van der Waals surface area contributed by atoms with E-state index in [2.05, 4.69) is 4.98 Å². The number of nitrogens with one attached hydrogen (secondary N) is 1. The van der Waals surface area contributed by atoms with Gasteiger partial charge in [0, 0.05) is 12.8 Å². The van der Waals surface area contributed by atoms with E-state index in [0.717, 1.165) is 23.6 Å². The van der Waals surface area contributed by atoms with Gasteiger partial charge < -0.3 is 9.72 Å². The van der Waals surface area contributed by atoms with Crippen LogP contribution in [-0.4, -0.2) is 16.2 Å². The van der Waals surface area contributed by atoms with Gasteiger partial charge in [-0.2, -0.15) is 4.39 Å². The normalized spacial score (nSPS) is 21.5. The molecule has 0 saturated carbocycles. The lowest BCUT2D eigenvalue weighted by Crippen LogP contribution is -2.41. The van der Waals surface area contributed by atoms with Gasteiger partial charge in [-0.3, -0.25) is 4.79 Å². The molecule has 2 heterocycles. The fourth-order valence-electron chi connectivity index (χ4n) is 1.65. The predicted molar refractivity (Wildman–Crippen MR) is 50.1 cm³/mol. The van der Waals surface area contributed by atoms with Crippen molar-refractivity contribution in [2.45, 2.75) is 25.5 Å². The minimum absolute atomic E-state index is 0.493. The predicted octanol–water partition coefficient (Wildman–Crippen LogP) is 0.375. The molecule has 1 aromatic rings. The topological polar surface area (TPSA) is 64.1 Å². The van der Waals surface area contributed by atoms with Crippen molar-refractivity contribution in [3.8, 4) is 0 Å². The number of hydrogen-bond acceptors (Lipinski definition) is 3. The van der Waals surface area contributed by atoms with Crippen molar-refractivity contribution in [1.29, 1.82) is 0 Å². The largest absolute Gasteiger partial charge is 0.358 e. The molecule has 2 rings (SSSR count). The summed E-state index contributed by atoms with van der Waals surface area (Å²) in [6, 6.07) is 0. The van der Waals surface area contributed by atoms with Crippen molar-refractivity contribution in [2.75, 3.05) is 6.61 Å². The van der Waals surface area contributed by atoms with Gasteiger partial charge in [-0.25, -0.2) is 9.36 Å². The third-order valence-electron chi connectivity index (χ3n) is 2.41. The number of H-pyrrole nitrogens is 1. The smallest absolute Gasteiger partial charge is 0.330 e. The maximum absolute atomic E-state index is 13.0. The van der Waals surface area contributed by atoms with Gasteiger partial charge in [0.25, 0.3) is 5.56 Å². The molecule has 1 saturated heterocycles. The lowest BCUT2D eigenvalue weighted by Gasteiger charge is -2.23. The number of ether oxygens (including phenoxy) is 1. The van der Waals surface area contributed by atoms with Crippen molar-refractivity contribution in [2.24, 2.45) is 0 Å². The molecule has 0 spiro atoms. The van der Waals surface area contributed by atoms with Crippen LogP contribution in [0.25, 0.3) is 0 Å². The second-order valence-corrected chi connectivity index (χ2v) is 3.44. The van der Waals surface area contributed by atoms with Gasteiger partial charge in [-0.1, -0.05) is 0 Å². The van der Waals surface area contributed by atoms with E-state index in [4.69, 9.17) is 4.74 Å². The highest BCUT2D eigenvalue weighted by atomic mass is 19.1. The van der Waals surface area contributed by atoms with Crippen LogP contribution >= 0.6 is 0 Å². The molecule has 0 amide bonds. The van der Waals surface area contributed by atoms with E-state index in [1.165, 1.54) is 0 Å². The molecular formula is C9H11FN2O3. The molecule has 5 nitrogen and oxygen atoms in total. The maximum atomic E-state index is 13.0. The number of nitrogens with zero attached hydrogens (tertiary/aromatic N) is 1. The van der Waals surface area contributed by atoms with Crippen molar-refractivity contribution in [3.05, 3.63) is 32.9 Å². The average molecular weight is 214 g/mol. The summed E-state index contributed by atoms with van der Waals surface area (Å²) >= 11 is 0. The van der Waals surface area contributed by atoms with Gasteiger partial charge in [-0.15, -0.1) is 0 Å². The Balaban J connectivity index is 2.46. The molecule has 0 aliphatic carbocycles. The van der Waals surface area contributed by atoms with E-state index >= 15 is 0 Å². The van der Waals surface area contributed by atoms with Crippen molar-refractivity contribution >= 4 is 0 Å². The van der Waals surface area contributed by atoms with Crippen LogP contribution in [0, 0.1) is 5.82 Å². The Kier molecular flexibility index (Phi) is 2.68. The highest BCUT2D eigenvalue weighted by molar-refractivity contribution is 4.88. The molecule has 6 heteroatoms. The highest BCUT2D eigenvalue weighted by Gasteiger charge is 2.20. The Labute approximate surface area is 84.5 Å². The zero-order valence-electron chi connectivity index (χ0n) is 8.03. The minimum atomic E-state index is -0.969. The molecule has 1 aliphatic rings. The fourth-order valence-corrected chi connectivity index (χ4v) is 1.65. The first kappa shape index (κ1) is 10.1. The molecule has 0 aromatic carbocycles. The van der Waals surface area contributed by atoms with Gasteiger partial charge in [0.1, 0.15) is 6.23 Å². The summed E-state index contributed by atoms with van der Waals surface area (Å²) in [5.41, 5.74) is -1.56. The molecule has 1 N–H and O–H groups in total. The van der Waals surface area contributed by atoms with Crippen molar-refractivity contribution < 1.29 is 9.13 Å². The Morgan fingerprint density at radius 2 is 2.27 bits per heavy atom. The first-order valence-electron chi connectivity index (χ1n) is 4.81. The fraction of sp³-hybridized carbons (Fsp3) is 0.556. The highest BCUT2D eigenvalue weighted by Crippen LogP contribution is 2.19. The second-order valence-electron chi connectivity index (χ2n) is 3.44. The zero-order chi connectivity index (χ0) is 10.8. The third kappa shape index (κ3) is 1.85. The van der Waals surface area contributed by atoms with E-state index in [1.807, 2.05) is 0 Å². The van der Waals surface area contributed by atoms with Crippen LogP contribution < -0.4 is 11.2 Å². The maximum Gasteiger partial charge on any atom is 0.330 e. The third-order valence-corrected chi connectivity index (χ3v) is 2.41. The number of rotatable bonds is 1. The van der Waals surface area contributed by atoms with Gasteiger partial charge >= 0.3 is 5.69 Å². The van der Waals surface area contributed by atoms with Gasteiger partial charge in [0.15, 0.2) is 0 Å². The molecular weight excluding hydrogens is 203 g/mol. The molecule has 1 atom stereocenters. The van der Waals surface area contributed by atoms with Crippen molar-refractivity contribution in [3.63, 3.8) is 0 Å². The number of aromatic amines is 1. The van der Waals surface area contributed by atoms with Crippen LogP contribution in [0.4, 0.5) is 4.39 Å². The Hall–Kier alpha value is -1.43. The summed E-state index contributed by atoms with van der Waals surface area (Å²) in [6.07, 6.45) is 2.47. The number of hydrogen-bond donors (Lipinski definition) is 1. The van der Waals surface area contributed by atoms with Crippen LogP contribution in [-0.2, 0) is 4.74 Å². The minimum Gasteiger partial charge on any atom is -0.358 e. The SMILES string of the molecule is O=c1[nH]cc(F)c(=O)n1[C@@H]1CCCCO1. The summed E-state index contributed by atoms with van der Waals surface area (Å²) < 4.78 is 19.0. The molecule has 0 unspecified atom stereocenters. The van der Waals surface area contributed by atoms with Crippen LogP contribution in [0.15, 0.2) is 15.8 Å². The summed E-state index contributed by atoms with van der Waals surface area (Å²) in [6.45, 7) is 0.493. The van der Waals surface area contributed by atoms with E-state index in [1.54, 1.807) is 0 Å². The molecule has 1 fully saturated rings. The Morgan fingerprint density at radius 3 is 2.93 bits per heavy atom. The molecule has 1 aromatic heterocycles. The zero-order valence-corrected chi connectivity index (χ0v) is 8.03. The van der Waals surface area contributed by atoms with Crippen LogP contribution in [0.5, 0.6) is 0 Å². The van der Waals surface area contributed by atoms with Crippen LogP contribution in [0.3, 0.4) is 0 Å². The van der Waals surface area contributed by atoms with Crippen LogP contribution in [0.2, 0.25) is 0 Å². The lowest BCUT2D eigenvalue weighted by molar-refractivity contribution is -0.0374. The lowest BCUT2D eigenvalue weighted by atomic mass is 10.2. The molecule has 15 heavy (non-hydrogen) atoms. The first-order chi connectivity index (χ1) is 7.20. The van der Waals surface area contributed by atoms with E-state index in [9.17, 15) is 14.0 Å². The van der Waals surface area contributed by atoms with Gasteiger partial charge in [0.2, 0.25) is 5.82 Å². The van der Waals surface area contributed by atoms with E-state index < -0.39 is 23.3 Å². The number of aromatic nitrogens is 2. The van der Waals surface area contributed by atoms with E-state index in [-0.39, 0.29) is 0 Å². The summed E-state index contributed by atoms with van der Waals surface area (Å²) in [5.74, 6) is -0.969. The Morgan fingerprint density at radius 1 is 1.47 bits per heavy atom. The average Bonchev–Trinajstić information content (AvgIpc) is 2.26. The van der Waals surface area contributed by atoms with Gasteiger partial charge in [0.05, 0.1) is 0 Å². The van der Waals surface area contributed by atoms with Crippen molar-refractivity contribution in [1.82, 2.24) is 9.55 Å². The molecule has 1 aliphatic heterocycles.